The lowest BCUT2D eigenvalue weighted by atomic mass is 10.3. The van der Waals surface area contributed by atoms with Crippen LogP contribution in [0.25, 0.3) is 0 Å². The molecule has 0 aliphatic carbocycles. The lowest BCUT2D eigenvalue weighted by molar-refractivity contribution is 0.380. The summed E-state index contributed by atoms with van der Waals surface area (Å²) in [4.78, 5) is 0.278. The third kappa shape index (κ3) is 3.90. The highest BCUT2D eigenvalue weighted by molar-refractivity contribution is 8.08. The van der Waals surface area contributed by atoms with E-state index in [-0.39, 0.29) is 27.3 Å². The number of benzene rings is 2. The van der Waals surface area contributed by atoms with Gasteiger partial charge in [0.15, 0.2) is 9.84 Å². The molecular formula is C15H15NO5S2. The van der Waals surface area contributed by atoms with Crippen LogP contribution < -0.4 is 10.2 Å². The minimum Gasteiger partial charge on any atom is -0.506 e. The van der Waals surface area contributed by atoms with Crippen LogP contribution in [0.1, 0.15) is 0 Å². The van der Waals surface area contributed by atoms with Crippen molar-refractivity contribution in [3.63, 3.8) is 0 Å². The summed E-state index contributed by atoms with van der Waals surface area (Å²) in [5.74, 6) is 1.73. The summed E-state index contributed by atoms with van der Waals surface area (Å²) < 4.78 is 29.9. The third-order valence-corrected chi connectivity index (χ3v) is 6.33. The van der Waals surface area contributed by atoms with Gasteiger partial charge in [0.2, 0.25) is 0 Å². The van der Waals surface area contributed by atoms with E-state index >= 15 is 0 Å². The quantitative estimate of drug-likeness (QED) is 0.417. The normalized spacial score (nSPS) is 16.8. The first kappa shape index (κ1) is 16.0. The van der Waals surface area contributed by atoms with Crippen molar-refractivity contribution in [1.29, 1.82) is 0 Å². The zero-order valence-corrected chi connectivity index (χ0v) is 13.6. The number of anilines is 1. The molecule has 0 aromatic heterocycles. The van der Waals surface area contributed by atoms with Crippen molar-refractivity contribution in [2.45, 2.75) is 10.1 Å². The Hall–Kier alpha value is -1.90. The van der Waals surface area contributed by atoms with Gasteiger partial charge in [0.25, 0.3) is 0 Å². The van der Waals surface area contributed by atoms with Gasteiger partial charge in [-0.3, -0.25) is 10.7 Å². The number of rotatable bonds is 6. The molecule has 2 aromatic carbocycles. The standard InChI is InChI=1S/C15H15NO5S2/c17-15-7-11(3-6-14(15)16-18)21-10-1-4-13(5-2-10)23(19,20)9-12-8-22-12/h1-7,12,16-18H,8-9H2. The minimum atomic E-state index is -3.25. The maximum absolute atomic E-state index is 12.1. The Morgan fingerprint density at radius 2 is 1.83 bits per heavy atom. The number of hydrogen-bond acceptors (Lipinski definition) is 7. The molecule has 0 spiro atoms. The SMILES string of the molecule is O=S(=O)(CC1CS1)c1ccc(Oc2ccc(NO)c(O)c2)cc1. The molecule has 1 unspecified atom stereocenters. The molecule has 1 saturated heterocycles. The van der Waals surface area contributed by atoms with Gasteiger partial charge in [-0.2, -0.15) is 11.8 Å². The highest BCUT2D eigenvalue weighted by Gasteiger charge is 2.29. The fourth-order valence-electron chi connectivity index (χ4n) is 2.03. The van der Waals surface area contributed by atoms with E-state index in [1.807, 2.05) is 5.48 Å². The van der Waals surface area contributed by atoms with Crippen LogP contribution in [0.5, 0.6) is 17.2 Å². The lowest BCUT2D eigenvalue weighted by Gasteiger charge is -2.09. The maximum atomic E-state index is 12.1. The Balaban J connectivity index is 1.73. The van der Waals surface area contributed by atoms with Gasteiger partial charge in [0, 0.05) is 17.1 Å². The van der Waals surface area contributed by atoms with Crippen LogP contribution in [0, 0.1) is 0 Å². The first-order valence-corrected chi connectivity index (χ1v) is 9.53. The second kappa shape index (κ2) is 6.31. The van der Waals surface area contributed by atoms with Crippen LogP contribution in [0.15, 0.2) is 47.4 Å². The molecule has 3 rings (SSSR count). The Bertz CT molecular complexity index is 801. The summed E-state index contributed by atoms with van der Waals surface area (Å²) in [6.07, 6.45) is 0. The van der Waals surface area contributed by atoms with Crippen molar-refractivity contribution in [3.05, 3.63) is 42.5 Å². The number of hydrogen-bond donors (Lipinski definition) is 3. The molecule has 2 aromatic rings. The van der Waals surface area contributed by atoms with Crippen LogP contribution in [-0.2, 0) is 9.84 Å². The summed E-state index contributed by atoms with van der Waals surface area (Å²) in [5, 5.41) is 18.6. The predicted molar refractivity (Wildman–Crippen MR) is 88.3 cm³/mol. The van der Waals surface area contributed by atoms with Crippen LogP contribution in [-0.4, -0.2) is 35.5 Å². The highest BCUT2D eigenvalue weighted by atomic mass is 32.2. The molecule has 23 heavy (non-hydrogen) atoms. The van der Waals surface area contributed by atoms with Gasteiger partial charge in [-0.05, 0) is 36.4 Å². The van der Waals surface area contributed by atoms with E-state index in [4.69, 9.17) is 9.94 Å². The molecule has 1 aliphatic rings. The summed E-state index contributed by atoms with van der Waals surface area (Å²) in [7, 11) is -3.25. The summed E-state index contributed by atoms with van der Waals surface area (Å²) in [5.41, 5.74) is 2.02. The van der Waals surface area contributed by atoms with Crippen molar-refractivity contribution in [2.75, 3.05) is 17.0 Å². The second-order valence-electron chi connectivity index (χ2n) is 5.10. The number of aromatic hydroxyl groups is 1. The van der Waals surface area contributed by atoms with E-state index in [0.29, 0.717) is 11.5 Å². The third-order valence-electron chi connectivity index (χ3n) is 3.32. The predicted octanol–water partition coefficient (Wildman–Crippen LogP) is 2.87. The summed E-state index contributed by atoms with van der Waals surface area (Å²) in [6.45, 7) is 0. The highest BCUT2D eigenvalue weighted by Crippen LogP contribution is 2.34. The molecule has 1 atom stereocenters. The number of sulfone groups is 1. The first-order chi connectivity index (χ1) is 11.0. The number of phenolic OH excluding ortho intramolecular Hbond substituents is 1. The van der Waals surface area contributed by atoms with Gasteiger partial charge in [-0.15, -0.1) is 0 Å². The number of thioether (sulfide) groups is 1. The monoisotopic (exact) mass is 353 g/mol. The van der Waals surface area contributed by atoms with Crippen molar-refractivity contribution in [2.24, 2.45) is 0 Å². The summed E-state index contributed by atoms with van der Waals surface area (Å²) in [6, 6.07) is 10.5. The number of ether oxygens (including phenoxy) is 1. The molecule has 0 amide bonds. The average molecular weight is 353 g/mol. The van der Waals surface area contributed by atoms with Gasteiger partial charge in [-0.25, -0.2) is 8.42 Å². The molecule has 1 fully saturated rings. The minimum absolute atomic E-state index is 0.161. The van der Waals surface area contributed by atoms with Crippen molar-refractivity contribution >= 4 is 27.3 Å². The molecule has 8 heteroatoms. The Morgan fingerprint density at radius 1 is 1.17 bits per heavy atom. The van der Waals surface area contributed by atoms with E-state index < -0.39 is 9.84 Å². The van der Waals surface area contributed by atoms with Crippen molar-refractivity contribution < 1.29 is 23.5 Å². The number of phenols is 1. The summed E-state index contributed by atoms with van der Waals surface area (Å²) >= 11 is 1.65. The van der Waals surface area contributed by atoms with E-state index in [0.717, 1.165) is 5.75 Å². The molecule has 0 bridgehead atoms. The van der Waals surface area contributed by atoms with Crippen LogP contribution >= 0.6 is 11.8 Å². The Labute approximate surface area is 138 Å². The van der Waals surface area contributed by atoms with E-state index in [1.165, 1.54) is 24.3 Å². The average Bonchev–Trinajstić information content (AvgIpc) is 3.31. The fourth-order valence-corrected chi connectivity index (χ4v) is 4.70. The van der Waals surface area contributed by atoms with Gasteiger partial charge in [-0.1, -0.05) is 0 Å². The van der Waals surface area contributed by atoms with E-state index in [1.54, 1.807) is 30.0 Å². The maximum Gasteiger partial charge on any atom is 0.179 e. The molecule has 122 valence electrons. The topological polar surface area (TPSA) is 95.9 Å². The van der Waals surface area contributed by atoms with E-state index in [9.17, 15) is 13.5 Å². The Morgan fingerprint density at radius 3 is 2.39 bits per heavy atom. The molecule has 0 radical (unpaired) electrons. The smallest absolute Gasteiger partial charge is 0.179 e. The molecule has 3 N–H and O–H groups in total. The van der Waals surface area contributed by atoms with Gasteiger partial charge < -0.3 is 9.84 Å². The molecule has 6 nitrogen and oxygen atoms in total. The van der Waals surface area contributed by atoms with Crippen LogP contribution in [0.4, 0.5) is 5.69 Å². The first-order valence-electron chi connectivity index (χ1n) is 6.83. The molecular weight excluding hydrogens is 338 g/mol. The van der Waals surface area contributed by atoms with Crippen LogP contribution in [0.3, 0.4) is 0 Å². The van der Waals surface area contributed by atoms with Gasteiger partial charge in [0.1, 0.15) is 22.9 Å². The number of nitrogens with one attached hydrogen (secondary N) is 1. The molecule has 1 heterocycles. The molecule has 1 aliphatic heterocycles. The molecule has 0 saturated carbocycles. The second-order valence-corrected chi connectivity index (χ2v) is 8.47. The Kier molecular flexibility index (Phi) is 4.38. The lowest BCUT2D eigenvalue weighted by Crippen LogP contribution is -2.10. The van der Waals surface area contributed by atoms with E-state index in [2.05, 4.69) is 0 Å². The largest absolute Gasteiger partial charge is 0.506 e. The zero-order chi connectivity index (χ0) is 16.4. The fraction of sp³-hybridized carbons (Fsp3) is 0.200. The van der Waals surface area contributed by atoms with Crippen molar-refractivity contribution in [1.82, 2.24) is 0 Å². The zero-order valence-electron chi connectivity index (χ0n) is 12.0. The van der Waals surface area contributed by atoms with Crippen LogP contribution in [0.2, 0.25) is 0 Å². The van der Waals surface area contributed by atoms with Crippen molar-refractivity contribution in [3.8, 4) is 17.2 Å². The van der Waals surface area contributed by atoms with Gasteiger partial charge >= 0.3 is 0 Å². The van der Waals surface area contributed by atoms with Gasteiger partial charge in [0.05, 0.1) is 10.6 Å².